The predicted molar refractivity (Wildman–Crippen MR) is 208 cm³/mol. The average molecular weight is 765 g/mol. The van der Waals surface area contributed by atoms with Crippen molar-refractivity contribution in [2.75, 3.05) is 13.7 Å². The molecule has 0 unspecified atom stereocenters. The molecule has 10 nitrogen and oxygen atoms in total. The summed E-state index contributed by atoms with van der Waals surface area (Å²) < 4.78 is 57.2. The molecule has 10 atom stereocenters. The molecule has 3 heterocycles. The van der Waals surface area contributed by atoms with Crippen molar-refractivity contribution < 1.29 is 47.7 Å². The summed E-state index contributed by atoms with van der Waals surface area (Å²) in [5.74, 6) is 5.69. The van der Waals surface area contributed by atoms with Crippen molar-refractivity contribution in [1.82, 2.24) is 0 Å². The minimum Gasteiger partial charge on any atom is -0.389 e. The highest BCUT2D eigenvalue weighted by Gasteiger charge is 2.57. The third-order valence-electron chi connectivity index (χ3n) is 10.1. The summed E-state index contributed by atoms with van der Waals surface area (Å²) in [6.07, 6.45) is -6.46. The zero-order chi connectivity index (χ0) is 38.7. The summed E-state index contributed by atoms with van der Waals surface area (Å²) in [6.45, 7) is 5.24. The van der Waals surface area contributed by atoms with E-state index in [0.717, 1.165) is 22.3 Å². The van der Waals surface area contributed by atoms with Crippen LogP contribution in [0.2, 0.25) is 0 Å². The lowest BCUT2D eigenvalue weighted by Gasteiger charge is -2.45. The standard InChI is InChI=1S/C46H52O10/c1-46(2)55-43-39(54-45(48-3)44(43)56-46)36(47)25-16-26-37-40(50-28-33-19-10-5-11-20-33)42(52-30-35-23-14-7-15-24-35)41(51-29-34-21-12-6-13-22-34)38(53-37)31-49-27-32-17-8-4-9-18-32/h4-15,17-24,36-45,47H,25,27-31H2,1-3H3/t36-,37-,38-,39-,40+,41-,42-,43+,44+,45+/m1/s1. The third-order valence-corrected chi connectivity index (χ3v) is 10.1. The molecule has 1 N–H and O–H groups in total. The number of ether oxygens (including phenoxy) is 9. The molecule has 0 aromatic heterocycles. The molecule has 3 aliphatic rings. The lowest BCUT2D eigenvalue weighted by molar-refractivity contribution is -0.261. The van der Waals surface area contributed by atoms with Crippen molar-refractivity contribution in [3.8, 4) is 11.8 Å². The van der Waals surface area contributed by atoms with Crippen LogP contribution in [-0.2, 0) is 69.1 Å². The van der Waals surface area contributed by atoms with Gasteiger partial charge in [-0.15, -0.1) is 0 Å². The Balaban J connectivity index is 1.17. The summed E-state index contributed by atoms with van der Waals surface area (Å²) in [5, 5.41) is 11.4. The monoisotopic (exact) mass is 764 g/mol. The lowest BCUT2D eigenvalue weighted by Crippen LogP contribution is -2.60. The van der Waals surface area contributed by atoms with Crippen LogP contribution in [-0.4, -0.2) is 85.8 Å². The van der Waals surface area contributed by atoms with E-state index in [9.17, 15) is 5.11 Å². The van der Waals surface area contributed by atoms with Crippen molar-refractivity contribution in [2.24, 2.45) is 0 Å². The van der Waals surface area contributed by atoms with Crippen molar-refractivity contribution in [2.45, 2.75) is 114 Å². The van der Waals surface area contributed by atoms with Gasteiger partial charge in [-0.2, -0.15) is 0 Å². The van der Waals surface area contributed by atoms with Crippen molar-refractivity contribution >= 4 is 0 Å². The van der Waals surface area contributed by atoms with Gasteiger partial charge >= 0.3 is 0 Å². The highest BCUT2D eigenvalue weighted by molar-refractivity contribution is 5.19. The minimum atomic E-state index is -0.989. The molecule has 296 valence electrons. The Labute approximate surface area is 329 Å². The molecule has 0 amide bonds. The fourth-order valence-electron chi connectivity index (χ4n) is 7.38. The Morgan fingerprint density at radius 1 is 0.625 bits per heavy atom. The fraction of sp³-hybridized carbons (Fsp3) is 0.435. The lowest BCUT2D eigenvalue weighted by atomic mass is 9.93. The van der Waals surface area contributed by atoms with Crippen molar-refractivity contribution in [3.05, 3.63) is 144 Å². The molecule has 56 heavy (non-hydrogen) atoms. The molecular weight excluding hydrogens is 712 g/mol. The minimum absolute atomic E-state index is 0.0814. The van der Waals surface area contributed by atoms with E-state index in [-0.39, 0.29) is 13.0 Å². The zero-order valence-corrected chi connectivity index (χ0v) is 32.2. The van der Waals surface area contributed by atoms with Gasteiger partial charge in [0.25, 0.3) is 0 Å². The molecular formula is C46H52O10. The van der Waals surface area contributed by atoms with Gasteiger partial charge in [-0.25, -0.2) is 0 Å². The Bertz CT molecular complexity index is 1820. The van der Waals surface area contributed by atoms with E-state index >= 15 is 0 Å². The number of benzene rings is 4. The van der Waals surface area contributed by atoms with E-state index < -0.39 is 67.0 Å². The maximum atomic E-state index is 11.4. The van der Waals surface area contributed by atoms with E-state index in [0.29, 0.717) is 26.4 Å². The topological polar surface area (TPSA) is 103 Å². The van der Waals surface area contributed by atoms with Crippen LogP contribution in [0.15, 0.2) is 121 Å². The van der Waals surface area contributed by atoms with Crippen LogP contribution >= 0.6 is 0 Å². The maximum Gasteiger partial charge on any atom is 0.186 e. The van der Waals surface area contributed by atoms with E-state index in [2.05, 4.69) is 11.8 Å². The third kappa shape index (κ3) is 10.5. The largest absolute Gasteiger partial charge is 0.389 e. The van der Waals surface area contributed by atoms with Crippen LogP contribution in [0.1, 0.15) is 42.5 Å². The van der Waals surface area contributed by atoms with Gasteiger partial charge in [0.05, 0.1) is 39.1 Å². The predicted octanol–water partition coefficient (Wildman–Crippen LogP) is 6.37. The highest BCUT2D eigenvalue weighted by Crippen LogP contribution is 2.40. The van der Waals surface area contributed by atoms with Gasteiger partial charge in [0.15, 0.2) is 12.1 Å². The van der Waals surface area contributed by atoms with Crippen LogP contribution in [0.5, 0.6) is 0 Å². The van der Waals surface area contributed by atoms with Crippen LogP contribution in [0.3, 0.4) is 0 Å². The average Bonchev–Trinajstić information content (AvgIpc) is 3.73. The molecule has 3 saturated heterocycles. The molecule has 0 spiro atoms. The van der Waals surface area contributed by atoms with Crippen LogP contribution in [0, 0.1) is 11.8 Å². The Kier molecular flexibility index (Phi) is 14.0. The molecule has 0 radical (unpaired) electrons. The molecule has 3 aliphatic heterocycles. The van der Waals surface area contributed by atoms with Gasteiger partial charge in [0.2, 0.25) is 0 Å². The summed E-state index contributed by atoms with van der Waals surface area (Å²) >= 11 is 0. The smallest absolute Gasteiger partial charge is 0.186 e. The highest BCUT2D eigenvalue weighted by atomic mass is 16.8. The normalized spacial score (nSPS) is 28.6. The van der Waals surface area contributed by atoms with E-state index in [1.54, 1.807) is 7.11 Å². The van der Waals surface area contributed by atoms with E-state index in [1.807, 2.05) is 135 Å². The first-order valence-electron chi connectivity index (χ1n) is 19.3. The second-order valence-corrected chi connectivity index (χ2v) is 14.7. The number of methoxy groups -OCH3 is 1. The van der Waals surface area contributed by atoms with Crippen LogP contribution in [0.25, 0.3) is 0 Å². The summed E-state index contributed by atoms with van der Waals surface area (Å²) in [4.78, 5) is 0. The first-order chi connectivity index (χ1) is 27.4. The van der Waals surface area contributed by atoms with Crippen molar-refractivity contribution in [1.29, 1.82) is 0 Å². The number of hydrogen-bond acceptors (Lipinski definition) is 10. The second kappa shape index (κ2) is 19.5. The molecule has 0 aliphatic carbocycles. The zero-order valence-electron chi connectivity index (χ0n) is 32.2. The van der Waals surface area contributed by atoms with Gasteiger partial charge in [0, 0.05) is 13.5 Å². The molecule has 0 bridgehead atoms. The number of fused-ring (bicyclic) bond motifs is 1. The van der Waals surface area contributed by atoms with Gasteiger partial charge < -0.3 is 47.7 Å². The fourth-order valence-corrected chi connectivity index (χ4v) is 7.38. The molecule has 10 heteroatoms. The molecule has 0 saturated carbocycles. The van der Waals surface area contributed by atoms with Crippen molar-refractivity contribution in [3.63, 3.8) is 0 Å². The first-order valence-corrected chi connectivity index (χ1v) is 19.3. The molecule has 4 aromatic carbocycles. The number of aliphatic hydroxyl groups excluding tert-OH is 1. The Morgan fingerprint density at radius 3 is 1.64 bits per heavy atom. The SMILES string of the molecule is CO[C@H]1O[C@H]([C@H](O)CC#C[C@H]2O[C@H](COCc3ccccc3)[C@@H](OCc3ccccc3)[C@H](OCc3ccccc3)[C@H]2OCc2ccccc2)[C@@H]2OC(C)(C)O[C@H]12. The van der Waals surface area contributed by atoms with Gasteiger partial charge in [-0.3, -0.25) is 0 Å². The molecule has 3 fully saturated rings. The maximum absolute atomic E-state index is 11.4. The second-order valence-electron chi connectivity index (χ2n) is 14.7. The quantitative estimate of drug-likeness (QED) is 0.130. The summed E-state index contributed by atoms with van der Waals surface area (Å²) in [6, 6.07) is 40.0. The summed E-state index contributed by atoms with van der Waals surface area (Å²) in [7, 11) is 1.55. The first kappa shape index (κ1) is 40.2. The van der Waals surface area contributed by atoms with Gasteiger partial charge in [-0.05, 0) is 36.1 Å². The number of hydrogen-bond donors (Lipinski definition) is 1. The van der Waals surface area contributed by atoms with E-state index in [1.165, 1.54) is 0 Å². The Hall–Kier alpha value is -3.96. The van der Waals surface area contributed by atoms with Gasteiger partial charge in [-0.1, -0.05) is 133 Å². The Morgan fingerprint density at radius 2 is 1.11 bits per heavy atom. The summed E-state index contributed by atoms with van der Waals surface area (Å²) in [5.41, 5.74) is 4.07. The number of aliphatic hydroxyl groups is 1. The van der Waals surface area contributed by atoms with Crippen LogP contribution < -0.4 is 0 Å². The van der Waals surface area contributed by atoms with Crippen LogP contribution in [0.4, 0.5) is 0 Å². The molecule has 7 rings (SSSR count). The molecule has 4 aromatic rings. The van der Waals surface area contributed by atoms with Gasteiger partial charge in [0.1, 0.15) is 48.8 Å². The number of rotatable bonds is 16. The van der Waals surface area contributed by atoms with E-state index in [4.69, 9.17) is 42.6 Å².